The van der Waals surface area contributed by atoms with E-state index < -0.39 is 17.4 Å². The smallest absolute Gasteiger partial charge is 0.404 e. The van der Waals surface area contributed by atoms with Crippen LogP contribution in [0.15, 0.2) is 115 Å². The second-order valence-electron chi connectivity index (χ2n) is 10.5. The van der Waals surface area contributed by atoms with E-state index >= 15 is 4.39 Å². The highest BCUT2D eigenvalue weighted by molar-refractivity contribution is 5.84. The molecule has 0 aliphatic heterocycles. The van der Waals surface area contributed by atoms with Crippen LogP contribution in [0.4, 0.5) is 9.18 Å². The number of halogens is 1. The first-order valence-electron chi connectivity index (χ1n) is 14.1. The first-order chi connectivity index (χ1) is 21.4. The Morgan fingerprint density at radius 1 is 0.932 bits per heavy atom. The molecule has 2 heterocycles. The lowest BCUT2D eigenvalue weighted by Gasteiger charge is -2.37. The third-order valence-corrected chi connectivity index (χ3v) is 7.79. The molecule has 7 nitrogen and oxygen atoms in total. The maximum Gasteiger partial charge on any atom is 0.404 e. The van der Waals surface area contributed by atoms with Crippen LogP contribution < -0.4 is 5.73 Å². The molecule has 2 aromatic heterocycles. The molecule has 0 radical (unpaired) electrons. The lowest BCUT2D eigenvalue weighted by molar-refractivity contribution is 0.158. The van der Waals surface area contributed by atoms with Gasteiger partial charge >= 0.3 is 6.09 Å². The number of amides is 1. The van der Waals surface area contributed by atoms with Crippen LogP contribution in [0, 0.1) is 24.1 Å². The zero-order valence-electron chi connectivity index (χ0n) is 23.9. The second-order valence-corrected chi connectivity index (χ2v) is 10.5. The van der Waals surface area contributed by atoms with E-state index in [2.05, 4.69) is 42.5 Å². The molecule has 0 aliphatic carbocycles. The molecule has 6 rings (SSSR count). The van der Waals surface area contributed by atoms with Gasteiger partial charge in [0.1, 0.15) is 22.9 Å². The van der Waals surface area contributed by atoms with Gasteiger partial charge in [0.25, 0.3) is 0 Å². The van der Waals surface area contributed by atoms with Gasteiger partial charge in [-0.1, -0.05) is 97.1 Å². The average molecular weight is 582 g/mol. The van der Waals surface area contributed by atoms with E-state index in [0.29, 0.717) is 28.6 Å². The van der Waals surface area contributed by atoms with Crippen molar-refractivity contribution in [1.29, 1.82) is 5.26 Å². The molecule has 216 valence electrons. The van der Waals surface area contributed by atoms with Crippen molar-refractivity contribution >= 4 is 17.1 Å². The van der Waals surface area contributed by atoms with Gasteiger partial charge in [0.2, 0.25) is 0 Å². The topological polar surface area (TPSA) is 107 Å². The second kappa shape index (κ2) is 11.8. The molecular formula is C36H28FN5O2. The Kier molecular flexibility index (Phi) is 7.61. The molecule has 0 aliphatic rings. The zero-order valence-corrected chi connectivity index (χ0v) is 23.9. The molecule has 6 aromatic rings. The zero-order chi connectivity index (χ0) is 30.7. The van der Waals surface area contributed by atoms with Crippen LogP contribution in [-0.4, -0.2) is 27.5 Å². The number of nitrogens with zero attached hydrogens (tertiary/aromatic N) is 4. The fourth-order valence-electron chi connectivity index (χ4n) is 5.93. The number of aryl methyl sites for hydroxylation is 1. The lowest BCUT2D eigenvalue weighted by atomic mass is 9.77. The van der Waals surface area contributed by atoms with Gasteiger partial charge in [-0.2, -0.15) is 10.4 Å². The molecule has 2 N–H and O–H groups in total. The number of aromatic nitrogens is 3. The molecule has 44 heavy (non-hydrogen) atoms. The van der Waals surface area contributed by atoms with Crippen molar-refractivity contribution in [2.45, 2.75) is 18.9 Å². The van der Waals surface area contributed by atoms with Crippen LogP contribution in [-0.2, 0) is 16.7 Å². The predicted octanol–water partition coefficient (Wildman–Crippen LogP) is 6.90. The summed E-state index contributed by atoms with van der Waals surface area (Å²) in [7, 11) is 0. The summed E-state index contributed by atoms with van der Waals surface area (Å²) in [6, 6.07) is 37.4. The molecule has 0 bridgehead atoms. The van der Waals surface area contributed by atoms with Crippen molar-refractivity contribution in [2.24, 2.45) is 5.73 Å². The minimum Gasteiger partial charge on any atom is -0.449 e. The number of nitrogens with two attached hydrogens (primary N) is 1. The summed E-state index contributed by atoms with van der Waals surface area (Å²) < 4.78 is 22.4. The summed E-state index contributed by atoms with van der Waals surface area (Å²) in [4.78, 5) is 15.8. The first kappa shape index (κ1) is 28.3. The van der Waals surface area contributed by atoms with E-state index in [9.17, 15) is 10.1 Å². The Balaban J connectivity index is 1.57. The predicted molar refractivity (Wildman–Crippen MR) is 166 cm³/mol. The van der Waals surface area contributed by atoms with Crippen molar-refractivity contribution in [3.8, 4) is 17.3 Å². The highest BCUT2D eigenvalue weighted by atomic mass is 19.1. The first-order valence-corrected chi connectivity index (χ1v) is 14.1. The Hall–Kier alpha value is -5.81. The molecule has 4 aromatic carbocycles. The quantitative estimate of drug-likeness (QED) is 0.197. The van der Waals surface area contributed by atoms with Crippen LogP contribution in [0.25, 0.3) is 22.3 Å². The fraction of sp³-hybridized carbons (Fsp3) is 0.111. The third-order valence-electron chi connectivity index (χ3n) is 7.79. The van der Waals surface area contributed by atoms with Crippen molar-refractivity contribution in [3.05, 3.63) is 155 Å². The molecule has 0 fully saturated rings. The van der Waals surface area contributed by atoms with Crippen LogP contribution in [0.2, 0.25) is 0 Å². The largest absolute Gasteiger partial charge is 0.449 e. The van der Waals surface area contributed by atoms with E-state index in [0.717, 1.165) is 16.7 Å². The number of hydrogen-bond donors (Lipinski definition) is 1. The van der Waals surface area contributed by atoms with Crippen LogP contribution in [0.1, 0.15) is 33.4 Å². The Labute approximate surface area is 254 Å². The van der Waals surface area contributed by atoms with Crippen molar-refractivity contribution in [3.63, 3.8) is 0 Å². The summed E-state index contributed by atoms with van der Waals surface area (Å²) in [6.07, 6.45) is 1.07. The molecule has 0 saturated heterocycles. The summed E-state index contributed by atoms with van der Waals surface area (Å²) in [5, 5.41) is 15.2. The number of nitriles is 1. The molecule has 0 saturated carbocycles. The van der Waals surface area contributed by atoms with Gasteiger partial charge < -0.3 is 10.5 Å². The van der Waals surface area contributed by atoms with Crippen molar-refractivity contribution in [1.82, 2.24) is 14.8 Å². The fourth-order valence-corrected chi connectivity index (χ4v) is 5.93. The highest BCUT2D eigenvalue weighted by Gasteiger charge is 2.40. The molecule has 8 heteroatoms. The Morgan fingerprint density at radius 2 is 1.50 bits per heavy atom. The third kappa shape index (κ3) is 4.95. The number of fused-ring (bicyclic) bond motifs is 1. The van der Waals surface area contributed by atoms with Gasteiger partial charge in [0.15, 0.2) is 0 Å². The van der Waals surface area contributed by atoms with Gasteiger partial charge in [-0.3, -0.25) is 0 Å². The van der Waals surface area contributed by atoms with Crippen LogP contribution in [0.3, 0.4) is 0 Å². The maximum atomic E-state index is 15.7. The summed E-state index contributed by atoms with van der Waals surface area (Å²) in [6.45, 7) is 1.80. The molecular weight excluding hydrogens is 553 g/mol. The number of primary amides is 1. The van der Waals surface area contributed by atoms with Gasteiger partial charge in [0, 0.05) is 12.0 Å². The number of pyridine rings is 1. The molecule has 0 unspecified atom stereocenters. The average Bonchev–Trinajstić information content (AvgIpc) is 3.45. The summed E-state index contributed by atoms with van der Waals surface area (Å²) in [5.74, 6) is -0.526. The van der Waals surface area contributed by atoms with E-state index in [1.807, 2.05) is 59.3 Å². The maximum absolute atomic E-state index is 15.7. The van der Waals surface area contributed by atoms with E-state index in [4.69, 9.17) is 20.6 Å². The van der Waals surface area contributed by atoms with E-state index in [1.54, 1.807) is 25.3 Å². The number of carbonyl (C=O) groups is 1. The van der Waals surface area contributed by atoms with Gasteiger partial charge in [-0.25, -0.2) is 18.9 Å². The number of hydrogen-bond acceptors (Lipinski definition) is 5. The highest BCUT2D eigenvalue weighted by Crippen LogP contribution is 2.42. The van der Waals surface area contributed by atoms with Crippen molar-refractivity contribution in [2.75, 3.05) is 6.61 Å². The van der Waals surface area contributed by atoms with Crippen molar-refractivity contribution < 1.29 is 13.9 Å². The molecule has 1 amide bonds. The van der Waals surface area contributed by atoms with Crippen LogP contribution in [0.5, 0.6) is 0 Å². The monoisotopic (exact) mass is 581 g/mol. The molecule has 0 spiro atoms. The normalized spacial score (nSPS) is 11.3. The van der Waals surface area contributed by atoms with Gasteiger partial charge in [0.05, 0.1) is 29.6 Å². The minimum atomic E-state index is -0.906. The number of benzene rings is 4. The lowest BCUT2D eigenvalue weighted by Crippen LogP contribution is -2.38. The Bertz CT molecular complexity index is 1880. The number of carbonyl (C=O) groups excluding carboxylic acids is 1. The van der Waals surface area contributed by atoms with E-state index in [-0.39, 0.29) is 23.4 Å². The number of rotatable bonds is 8. The molecule has 0 atom stereocenters. The van der Waals surface area contributed by atoms with Gasteiger partial charge in [-0.05, 0) is 46.9 Å². The van der Waals surface area contributed by atoms with Crippen LogP contribution >= 0.6 is 0 Å². The number of ether oxygens (including phenoxy) is 1. The summed E-state index contributed by atoms with van der Waals surface area (Å²) >= 11 is 0. The van der Waals surface area contributed by atoms with E-state index in [1.165, 1.54) is 6.07 Å². The SMILES string of the molecule is Cc1cc(CCOC(N)=O)cc(F)c1-c1nc2cnn(C(c3ccccc3)(c3ccccc3)c3ccccc3)c2cc1C#N. The standard InChI is InChI=1S/C36H28FN5O2/c1-24-19-25(17-18-44-35(39)43)20-30(37)33(24)34-26(22-38)21-32-31(41-34)23-40-42(32)36(27-11-5-2-6-12-27,28-13-7-3-8-14-28)29-15-9-4-10-16-29/h2-16,19-21,23H,17-18H2,1H3,(H2,39,43). The Morgan fingerprint density at radius 3 is 2.00 bits per heavy atom. The summed E-state index contributed by atoms with van der Waals surface area (Å²) in [5.41, 5.74) is 10.1. The van der Waals surface area contributed by atoms with Gasteiger partial charge in [-0.15, -0.1) is 0 Å². The minimum absolute atomic E-state index is 0.0341.